The summed E-state index contributed by atoms with van der Waals surface area (Å²) < 4.78 is 38.9. The predicted octanol–water partition coefficient (Wildman–Crippen LogP) is -4.76. The van der Waals surface area contributed by atoms with E-state index in [1.165, 1.54) is 13.2 Å². The van der Waals surface area contributed by atoms with Crippen LogP contribution in [-0.4, -0.2) is 164 Å². The summed E-state index contributed by atoms with van der Waals surface area (Å²) in [4.78, 5) is 0. The lowest BCUT2D eigenvalue weighted by Gasteiger charge is -2.42. The standard InChI is InChI=1S/C27H40O17/c1-3-4-10-5-12(38-2)24(44-27-23(37)19(33)17(31)14(7-28)42-27)13(6-10)41-26-22(36)20(34)18(32)15(43-26)9-40-25-21(35)16(30)11(29)8-39-25/h3,5-6,11,14-23,25-37H,1,4,7-9H2,2H3/t11-,14+,15+,16-,17+,18+,19-,20-,21+,22+,23+,25-,26+,27-/m0/s1. The average molecular weight is 637 g/mol. The number of aliphatic hydroxyl groups excluding tert-OH is 10. The van der Waals surface area contributed by atoms with Gasteiger partial charge in [-0.25, -0.2) is 0 Å². The molecule has 17 heteroatoms. The van der Waals surface area contributed by atoms with Gasteiger partial charge in [0.25, 0.3) is 0 Å². The van der Waals surface area contributed by atoms with Crippen LogP contribution in [0.5, 0.6) is 17.2 Å². The zero-order valence-corrected chi connectivity index (χ0v) is 23.7. The first kappa shape index (κ1) is 34.7. The number of ether oxygens (including phenoxy) is 7. The Balaban J connectivity index is 1.58. The Bertz CT molecular complexity index is 1090. The predicted molar refractivity (Wildman–Crippen MR) is 142 cm³/mol. The van der Waals surface area contributed by atoms with Crippen LogP contribution in [0.3, 0.4) is 0 Å². The maximum atomic E-state index is 10.7. The summed E-state index contributed by atoms with van der Waals surface area (Å²) in [6, 6.07) is 2.99. The van der Waals surface area contributed by atoms with Crippen LogP contribution in [0.2, 0.25) is 0 Å². The molecule has 0 aromatic heterocycles. The highest BCUT2D eigenvalue weighted by atomic mass is 16.7. The van der Waals surface area contributed by atoms with Crippen LogP contribution >= 0.6 is 0 Å². The third-order valence-electron chi connectivity index (χ3n) is 7.55. The number of allylic oxidation sites excluding steroid dienone is 1. The van der Waals surface area contributed by atoms with E-state index in [0.29, 0.717) is 12.0 Å². The molecule has 0 radical (unpaired) electrons. The fourth-order valence-electron chi connectivity index (χ4n) is 4.94. The second-order valence-electron chi connectivity index (χ2n) is 10.6. The van der Waals surface area contributed by atoms with Gasteiger partial charge in [-0.15, -0.1) is 6.58 Å². The smallest absolute Gasteiger partial charge is 0.229 e. The first-order chi connectivity index (χ1) is 20.9. The van der Waals surface area contributed by atoms with E-state index in [4.69, 9.17) is 33.2 Å². The van der Waals surface area contributed by atoms with E-state index in [1.807, 2.05) is 0 Å². The average Bonchev–Trinajstić information content (AvgIpc) is 3.01. The molecule has 3 aliphatic rings. The maximum absolute atomic E-state index is 10.7. The molecule has 0 aliphatic carbocycles. The van der Waals surface area contributed by atoms with Crippen molar-refractivity contribution in [3.63, 3.8) is 0 Å². The quantitative estimate of drug-likeness (QED) is 0.102. The molecule has 3 fully saturated rings. The van der Waals surface area contributed by atoms with Gasteiger partial charge in [0.1, 0.15) is 67.1 Å². The van der Waals surface area contributed by atoms with Gasteiger partial charge >= 0.3 is 0 Å². The molecule has 1 aromatic carbocycles. The van der Waals surface area contributed by atoms with Crippen LogP contribution in [-0.2, 0) is 25.4 Å². The Hall–Kier alpha value is -2.20. The lowest BCUT2D eigenvalue weighted by Crippen LogP contribution is -2.61. The normalized spacial score (nSPS) is 41.2. The van der Waals surface area contributed by atoms with Gasteiger partial charge in [-0.2, -0.15) is 0 Å². The number of aliphatic hydroxyl groups is 10. The minimum absolute atomic E-state index is 0.0336. The first-order valence-electron chi connectivity index (χ1n) is 13.8. The van der Waals surface area contributed by atoms with Gasteiger partial charge in [-0.1, -0.05) is 6.08 Å². The zero-order chi connectivity index (χ0) is 32.3. The van der Waals surface area contributed by atoms with Crippen molar-refractivity contribution < 1.29 is 84.2 Å². The molecule has 3 saturated heterocycles. The highest BCUT2D eigenvalue weighted by molar-refractivity contribution is 5.54. The molecule has 250 valence electrons. The van der Waals surface area contributed by atoms with Gasteiger partial charge in [0.15, 0.2) is 17.8 Å². The van der Waals surface area contributed by atoms with Crippen LogP contribution in [0.4, 0.5) is 0 Å². The summed E-state index contributed by atoms with van der Waals surface area (Å²) in [5.74, 6) is -0.361. The minimum atomic E-state index is -1.83. The summed E-state index contributed by atoms with van der Waals surface area (Å²) >= 11 is 0. The highest BCUT2D eigenvalue weighted by Crippen LogP contribution is 2.42. The molecule has 10 N–H and O–H groups in total. The fraction of sp³-hybridized carbons (Fsp3) is 0.704. The second kappa shape index (κ2) is 14.9. The maximum Gasteiger partial charge on any atom is 0.229 e. The van der Waals surface area contributed by atoms with E-state index < -0.39 is 99.2 Å². The number of hydrogen-bond donors (Lipinski definition) is 10. The van der Waals surface area contributed by atoms with Crippen molar-refractivity contribution in [3.8, 4) is 17.2 Å². The topological polar surface area (TPSA) is 267 Å². The molecular weight excluding hydrogens is 596 g/mol. The Labute approximate surface area is 251 Å². The third kappa shape index (κ3) is 7.27. The van der Waals surface area contributed by atoms with Crippen molar-refractivity contribution >= 4 is 0 Å². The second-order valence-corrected chi connectivity index (χ2v) is 10.6. The van der Waals surface area contributed by atoms with E-state index in [0.717, 1.165) is 0 Å². The molecule has 0 bridgehead atoms. The number of rotatable bonds is 11. The monoisotopic (exact) mass is 636 g/mol. The molecule has 3 aliphatic heterocycles. The Morgan fingerprint density at radius 2 is 1.32 bits per heavy atom. The summed E-state index contributed by atoms with van der Waals surface area (Å²) in [5, 5.41) is 102. The molecule has 0 saturated carbocycles. The van der Waals surface area contributed by atoms with Gasteiger partial charge in [0.05, 0.1) is 26.9 Å². The van der Waals surface area contributed by atoms with E-state index >= 15 is 0 Å². The number of hydrogen-bond acceptors (Lipinski definition) is 17. The van der Waals surface area contributed by atoms with Crippen LogP contribution in [0.15, 0.2) is 24.8 Å². The Kier molecular flexibility index (Phi) is 11.8. The van der Waals surface area contributed by atoms with Crippen LogP contribution in [0, 0.1) is 0 Å². The molecule has 0 amide bonds. The van der Waals surface area contributed by atoms with Gasteiger partial charge in [0.2, 0.25) is 18.3 Å². The third-order valence-corrected chi connectivity index (χ3v) is 7.55. The Morgan fingerprint density at radius 1 is 0.750 bits per heavy atom. The molecule has 14 atom stereocenters. The van der Waals surface area contributed by atoms with Crippen molar-refractivity contribution in [3.05, 3.63) is 30.4 Å². The molecule has 44 heavy (non-hydrogen) atoms. The number of benzene rings is 1. The van der Waals surface area contributed by atoms with Gasteiger partial charge < -0.3 is 84.2 Å². The summed E-state index contributed by atoms with van der Waals surface area (Å²) in [6.07, 6.45) is -20.6. The summed E-state index contributed by atoms with van der Waals surface area (Å²) in [5.41, 5.74) is 0.572. The summed E-state index contributed by atoms with van der Waals surface area (Å²) in [6.45, 7) is 2.11. The molecule has 1 aromatic rings. The number of methoxy groups -OCH3 is 1. The Morgan fingerprint density at radius 3 is 1.93 bits per heavy atom. The lowest BCUT2D eigenvalue weighted by molar-refractivity contribution is -0.308. The largest absolute Gasteiger partial charge is 0.493 e. The summed E-state index contributed by atoms with van der Waals surface area (Å²) in [7, 11) is 1.30. The van der Waals surface area contributed by atoms with E-state index in [1.54, 1.807) is 12.1 Å². The minimum Gasteiger partial charge on any atom is -0.493 e. The first-order valence-corrected chi connectivity index (χ1v) is 13.8. The van der Waals surface area contributed by atoms with E-state index in [-0.39, 0.29) is 23.9 Å². The molecule has 3 heterocycles. The fourth-order valence-corrected chi connectivity index (χ4v) is 4.94. The van der Waals surface area contributed by atoms with Gasteiger partial charge in [-0.05, 0) is 24.1 Å². The van der Waals surface area contributed by atoms with Gasteiger partial charge in [0, 0.05) is 0 Å². The van der Waals surface area contributed by atoms with Crippen molar-refractivity contribution in [2.45, 2.75) is 92.4 Å². The van der Waals surface area contributed by atoms with Crippen molar-refractivity contribution in [2.75, 3.05) is 26.9 Å². The van der Waals surface area contributed by atoms with Crippen LogP contribution in [0.25, 0.3) is 0 Å². The van der Waals surface area contributed by atoms with Crippen molar-refractivity contribution in [2.24, 2.45) is 0 Å². The van der Waals surface area contributed by atoms with E-state index in [9.17, 15) is 51.1 Å². The molecule has 4 rings (SSSR count). The zero-order valence-electron chi connectivity index (χ0n) is 23.7. The molecule has 17 nitrogen and oxygen atoms in total. The molecular formula is C27H40O17. The SMILES string of the molecule is C=CCc1cc(OC)c(O[C@@H]2O[C@H](CO)[C@@H](O)[C@H](O)[C@H]2O)c(O[C@@H]2O[C@H](CO[C@@H]3OC[C@H](O)[C@H](O)[C@H]3O)[C@@H](O)[C@H](O)[C@H]2O)c1. The molecule has 0 spiro atoms. The molecule has 0 unspecified atom stereocenters. The van der Waals surface area contributed by atoms with Crippen LogP contribution < -0.4 is 14.2 Å². The van der Waals surface area contributed by atoms with E-state index in [2.05, 4.69) is 6.58 Å². The van der Waals surface area contributed by atoms with Crippen LogP contribution in [0.1, 0.15) is 5.56 Å². The van der Waals surface area contributed by atoms with Gasteiger partial charge in [-0.3, -0.25) is 0 Å². The van der Waals surface area contributed by atoms with Crippen molar-refractivity contribution in [1.29, 1.82) is 0 Å². The highest BCUT2D eigenvalue weighted by Gasteiger charge is 2.48. The van der Waals surface area contributed by atoms with Crippen molar-refractivity contribution in [1.82, 2.24) is 0 Å². The lowest BCUT2D eigenvalue weighted by atomic mass is 9.99.